The van der Waals surface area contributed by atoms with Gasteiger partial charge in [-0.25, -0.2) is 0 Å². The van der Waals surface area contributed by atoms with Crippen molar-refractivity contribution in [3.8, 4) is 0 Å². The number of amides is 1. The van der Waals surface area contributed by atoms with Gasteiger partial charge >= 0.3 is 0 Å². The number of anilines is 2. The molecule has 0 bridgehead atoms. The molecule has 0 atom stereocenters. The first-order valence-electron chi connectivity index (χ1n) is 5.30. The lowest BCUT2D eigenvalue weighted by Crippen LogP contribution is -2.31. The fourth-order valence-electron chi connectivity index (χ4n) is 1.62. The van der Waals surface area contributed by atoms with Crippen LogP contribution in [0.25, 0.3) is 0 Å². The van der Waals surface area contributed by atoms with E-state index in [0.29, 0.717) is 17.9 Å². The van der Waals surface area contributed by atoms with Crippen LogP contribution in [0, 0.1) is 0 Å². The molecule has 0 radical (unpaired) electrons. The van der Waals surface area contributed by atoms with Crippen molar-refractivity contribution in [2.75, 3.05) is 17.2 Å². The molecular weight excluding hydrogens is 218 g/mol. The summed E-state index contributed by atoms with van der Waals surface area (Å²) < 4.78 is 4.67. The van der Waals surface area contributed by atoms with E-state index in [0.717, 1.165) is 0 Å². The molecule has 2 N–H and O–H groups in total. The molecule has 1 amide bonds. The average Bonchev–Trinajstić information content (AvgIpc) is 2.86. The molecule has 0 aliphatic rings. The van der Waals surface area contributed by atoms with Crippen LogP contribution in [0.2, 0.25) is 0 Å². The van der Waals surface area contributed by atoms with Crippen molar-refractivity contribution in [3.63, 3.8) is 0 Å². The van der Waals surface area contributed by atoms with Gasteiger partial charge in [-0.1, -0.05) is 17.3 Å². The number of benzene rings is 1. The number of carbonyl (C=O) groups is 1. The summed E-state index contributed by atoms with van der Waals surface area (Å²) in [6, 6.07) is 8.76. The monoisotopic (exact) mass is 231 g/mol. The molecule has 0 saturated heterocycles. The van der Waals surface area contributed by atoms with Gasteiger partial charge in [0.05, 0.1) is 11.4 Å². The molecule has 5 heteroatoms. The third-order valence-corrected chi connectivity index (χ3v) is 2.45. The summed E-state index contributed by atoms with van der Waals surface area (Å²) in [5, 5.41) is 3.63. The zero-order valence-electron chi connectivity index (χ0n) is 9.46. The molecule has 17 heavy (non-hydrogen) atoms. The van der Waals surface area contributed by atoms with Crippen molar-refractivity contribution >= 4 is 17.3 Å². The maximum atomic E-state index is 12.1. The number of nitrogens with zero attached hydrogens (tertiary/aromatic N) is 2. The van der Waals surface area contributed by atoms with Crippen LogP contribution in [0.5, 0.6) is 0 Å². The molecule has 1 aromatic heterocycles. The van der Waals surface area contributed by atoms with Crippen molar-refractivity contribution in [2.45, 2.75) is 6.92 Å². The van der Waals surface area contributed by atoms with Gasteiger partial charge < -0.3 is 15.2 Å². The van der Waals surface area contributed by atoms with Crippen LogP contribution in [0.15, 0.2) is 41.1 Å². The second-order valence-electron chi connectivity index (χ2n) is 3.49. The maximum Gasteiger partial charge on any atom is 0.280 e. The fraction of sp³-hybridized carbons (Fsp3) is 0.167. The highest BCUT2D eigenvalue weighted by molar-refractivity contribution is 6.06. The van der Waals surface area contributed by atoms with E-state index >= 15 is 0 Å². The maximum absolute atomic E-state index is 12.1. The van der Waals surface area contributed by atoms with Crippen LogP contribution in [0.1, 0.15) is 17.4 Å². The zero-order valence-corrected chi connectivity index (χ0v) is 9.46. The van der Waals surface area contributed by atoms with Crippen molar-refractivity contribution in [1.29, 1.82) is 0 Å². The molecule has 2 rings (SSSR count). The minimum absolute atomic E-state index is 0.223. The van der Waals surface area contributed by atoms with E-state index in [2.05, 4.69) is 9.68 Å². The van der Waals surface area contributed by atoms with Crippen molar-refractivity contribution in [2.24, 2.45) is 0 Å². The summed E-state index contributed by atoms with van der Waals surface area (Å²) in [5.74, 6) is -0.223. The Labute approximate surface area is 98.8 Å². The molecule has 1 heterocycles. The number of nitrogens with two attached hydrogens (primary N) is 1. The Morgan fingerprint density at radius 3 is 2.76 bits per heavy atom. The number of carbonyl (C=O) groups excluding carboxylic acids is 1. The Morgan fingerprint density at radius 2 is 2.18 bits per heavy atom. The van der Waals surface area contributed by atoms with Gasteiger partial charge in [-0.05, 0) is 19.1 Å². The number of rotatable bonds is 3. The van der Waals surface area contributed by atoms with Crippen LogP contribution in [0.4, 0.5) is 11.4 Å². The Bertz CT molecular complexity index is 508. The van der Waals surface area contributed by atoms with Crippen LogP contribution in [-0.2, 0) is 0 Å². The van der Waals surface area contributed by atoms with Crippen molar-refractivity contribution < 1.29 is 9.32 Å². The van der Waals surface area contributed by atoms with Crippen LogP contribution < -0.4 is 10.6 Å². The lowest BCUT2D eigenvalue weighted by atomic mass is 10.2. The van der Waals surface area contributed by atoms with Gasteiger partial charge in [0, 0.05) is 12.6 Å². The minimum atomic E-state index is -0.223. The first-order valence-corrected chi connectivity index (χ1v) is 5.30. The first-order chi connectivity index (χ1) is 8.24. The third kappa shape index (κ3) is 2.13. The quantitative estimate of drug-likeness (QED) is 0.819. The smallest absolute Gasteiger partial charge is 0.280 e. The summed E-state index contributed by atoms with van der Waals surface area (Å²) >= 11 is 0. The molecule has 2 aromatic rings. The van der Waals surface area contributed by atoms with Crippen molar-refractivity contribution in [3.05, 3.63) is 42.3 Å². The highest BCUT2D eigenvalue weighted by Gasteiger charge is 2.19. The summed E-state index contributed by atoms with van der Waals surface area (Å²) in [6.45, 7) is 2.39. The highest BCUT2D eigenvalue weighted by Crippen LogP contribution is 2.23. The number of para-hydroxylation sites is 2. The van der Waals surface area contributed by atoms with E-state index < -0.39 is 0 Å². The Hall–Kier alpha value is -2.30. The lowest BCUT2D eigenvalue weighted by Gasteiger charge is -2.21. The normalized spacial score (nSPS) is 10.2. The van der Waals surface area contributed by atoms with E-state index in [1.165, 1.54) is 12.3 Å². The minimum Gasteiger partial charge on any atom is -0.397 e. The largest absolute Gasteiger partial charge is 0.397 e. The predicted molar refractivity (Wildman–Crippen MR) is 64.7 cm³/mol. The molecule has 0 aliphatic heterocycles. The molecule has 1 aromatic carbocycles. The first kappa shape index (κ1) is 11.2. The number of hydrogen-bond donors (Lipinski definition) is 1. The third-order valence-electron chi connectivity index (χ3n) is 2.45. The number of nitrogen functional groups attached to an aromatic ring is 1. The molecule has 0 saturated carbocycles. The summed E-state index contributed by atoms with van der Waals surface area (Å²) in [7, 11) is 0. The zero-order chi connectivity index (χ0) is 12.3. The predicted octanol–water partition coefficient (Wildman–Crippen LogP) is 1.92. The van der Waals surface area contributed by atoms with Gasteiger partial charge in [-0.15, -0.1) is 0 Å². The van der Waals surface area contributed by atoms with Gasteiger partial charge in [0.2, 0.25) is 0 Å². The molecule has 88 valence electrons. The van der Waals surface area contributed by atoms with Crippen LogP contribution in [-0.4, -0.2) is 17.6 Å². The molecule has 0 aliphatic carbocycles. The molecule has 5 nitrogen and oxygen atoms in total. The molecule has 0 unspecified atom stereocenters. The average molecular weight is 231 g/mol. The molecular formula is C12H13N3O2. The number of aromatic nitrogens is 1. The summed E-state index contributed by atoms with van der Waals surface area (Å²) in [5.41, 5.74) is 7.37. The topological polar surface area (TPSA) is 72.4 Å². The van der Waals surface area contributed by atoms with Crippen molar-refractivity contribution in [1.82, 2.24) is 5.16 Å². The van der Waals surface area contributed by atoms with Gasteiger partial charge in [0.1, 0.15) is 6.26 Å². The van der Waals surface area contributed by atoms with Gasteiger partial charge in [0.15, 0.2) is 5.69 Å². The molecule has 0 fully saturated rings. The van der Waals surface area contributed by atoms with E-state index in [9.17, 15) is 4.79 Å². The van der Waals surface area contributed by atoms with Crippen LogP contribution in [0.3, 0.4) is 0 Å². The Balaban J connectivity index is 2.35. The fourth-order valence-corrected chi connectivity index (χ4v) is 1.62. The number of hydrogen-bond acceptors (Lipinski definition) is 4. The summed E-state index contributed by atoms with van der Waals surface area (Å²) in [6.07, 6.45) is 1.37. The van der Waals surface area contributed by atoms with E-state index in [1.807, 2.05) is 19.1 Å². The van der Waals surface area contributed by atoms with Gasteiger partial charge in [-0.3, -0.25) is 4.79 Å². The lowest BCUT2D eigenvalue weighted by molar-refractivity contribution is 0.0979. The Kier molecular flexibility index (Phi) is 3.09. The van der Waals surface area contributed by atoms with E-state index in [4.69, 9.17) is 5.73 Å². The van der Waals surface area contributed by atoms with Gasteiger partial charge in [0.25, 0.3) is 5.91 Å². The van der Waals surface area contributed by atoms with Gasteiger partial charge in [-0.2, -0.15) is 0 Å². The van der Waals surface area contributed by atoms with Crippen LogP contribution >= 0.6 is 0 Å². The summed E-state index contributed by atoms with van der Waals surface area (Å²) in [4.78, 5) is 13.7. The highest BCUT2D eigenvalue weighted by atomic mass is 16.5. The SMILES string of the molecule is CCN(C(=O)c1ccon1)c1ccccc1N. The standard InChI is InChI=1S/C12H13N3O2/c1-2-15(11-6-4-3-5-9(11)13)12(16)10-7-8-17-14-10/h3-8H,2,13H2,1H3. The second-order valence-corrected chi connectivity index (χ2v) is 3.49. The van der Waals surface area contributed by atoms with E-state index in [-0.39, 0.29) is 11.6 Å². The van der Waals surface area contributed by atoms with E-state index in [1.54, 1.807) is 17.0 Å². The second kappa shape index (κ2) is 4.69. The Morgan fingerprint density at radius 1 is 1.41 bits per heavy atom. The molecule has 0 spiro atoms.